The third kappa shape index (κ3) is 3.85. The lowest BCUT2D eigenvalue weighted by Gasteiger charge is -2.04. The van der Waals surface area contributed by atoms with Crippen molar-refractivity contribution in [2.24, 2.45) is 4.99 Å². The van der Waals surface area contributed by atoms with Gasteiger partial charge in [0.25, 0.3) is 0 Å². The Balaban J connectivity index is 2.76. The molecular formula is C15H19N. The third-order valence-electron chi connectivity index (χ3n) is 2.32. The Hall–Kier alpha value is -1.63. The largest absolute Gasteiger partial charge is 0.258 e. The molecule has 0 spiro atoms. The zero-order chi connectivity index (χ0) is 12.0. The van der Waals surface area contributed by atoms with E-state index >= 15 is 0 Å². The van der Waals surface area contributed by atoms with E-state index in [9.17, 15) is 0 Å². The number of rotatable bonds is 4. The second kappa shape index (κ2) is 6.06. The van der Waals surface area contributed by atoms with Crippen LogP contribution in [0.1, 0.15) is 26.3 Å². The maximum atomic E-state index is 4.57. The van der Waals surface area contributed by atoms with Crippen LogP contribution >= 0.6 is 0 Å². The van der Waals surface area contributed by atoms with Crippen LogP contribution in [0.5, 0.6) is 0 Å². The number of allylic oxidation sites excluding steroid dienone is 2. The van der Waals surface area contributed by atoms with Crippen molar-refractivity contribution >= 4 is 5.71 Å². The molecule has 0 unspecified atom stereocenters. The minimum absolute atomic E-state index is 0.894. The number of hydrogen-bond donors (Lipinski definition) is 0. The summed E-state index contributed by atoms with van der Waals surface area (Å²) in [6.07, 6.45) is 2.89. The van der Waals surface area contributed by atoms with Gasteiger partial charge in [0.15, 0.2) is 0 Å². The Kier molecular flexibility index (Phi) is 4.71. The van der Waals surface area contributed by atoms with Gasteiger partial charge in [0.2, 0.25) is 0 Å². The fourth-order valence-corrected chi connectivity index (χ4v) is 1.54. The molecule has 0 amide bonds. The summed E-state index contributed by atoms with van der Waals surface area (Å²) in [5.41, 5.74) is 4.39. The first-order valence-electron chi connectivity index (χ1n) is 5.53. The summed E-state index contributed by atoms with van der Waals surface area (Å²) in [5.74, 6) is 0. The van der Waals surface area contributed by atoms with Crippen LogP contribution in [0.15, 0.2) is 59.2 Å². The standard InChI is InChI=1S/C15H19N/c1-5-15(12(2)3)16-13(4)11-14-9-7-6-8-10-14/h5-10H,2,11H2,1,3-4H3/b15-5-,16-13?. The number of nitrogens with zero attached hydrogens (tertiary/aromatic N) is 1. The van der Waals surface area contributed by atoms with Gasteiger partial charge < -0.3 is 0 Å². The second-order valence-corrected chi connectivity index (χ2v) is 3.96. The lowest BCUT2D eigenvalue weighted by atomic mass is 10.1. The molecule has 0 heterocycles. The Morgan fingerprint density at radius 2 is 1.88 bits per heavy atom. The first-order chi connectivity index (χ1) is 7.63. The molecule has 1 nitrogen and oxygen atoms in total. The fraction of sp³-hybridized carbons (Fsp3) is 0.267. The Morgan fingerprint density at radius 3 is 2.38 bits per heavy atom. The van der Waals surface area contributed by atoms with Crippen LogP contribution in [0.25, 0.3) is 0 Å². The molecule has 1 aromatic rings. The quantitative estimate of drug-likeness (QED) is 0.526. The number of aliphatic imine (C=N–C) groups is 1. The molecule has 0 aromatic heterocycles. The zero-order valence-corrected chi connectivity index (χ0v) is 10.3. The number of hydrogen-bond acceptors (Lipinski definition) is 1. The highest BCUT2D eigenvalue weighted by Crippen LogP contribution is 2.10. The maximum Gasteiger partial charge on any atom is 0.0609 e. The Bertz CT molecular complexity index is 410. The van der Waals surface area contributed by atoms with Crippen LogP contribution in [0.2, 0.25) is 0 Å². The van der Waals surface area contributed by atoms with E-state index in [-0.39, 0.29) is 0 Å². The minimum atomic E-state index is 0.894. The zero-order valence-electron chi connectivity index (χ0n) is 10.3. The van der Waals surface area contributed by atoms with E-state index in [1.807, 2.05) is 26.0 Å². The molecule has 0 N–H and O–H groups in total. The molecule has 0 aliphatic heterocycles. The fourth-order valence-electron chi connectivity index (χ4n) is 1.54. The minimum Gasteiger partial charge on any atom is -0.258 e. The van der Waals surface area contributed by atoms with Gasteiger partial charge in [-0.1, -0.05) is 43.0 Å². The summed E-state index contributed by atoms with van der Waals surface area (Å²) in [5, 5.41) is 0. The van der Waals surface area contributed by atoms with Crippen molar-refractivity contribution < 1.29 is 0 Å². The molecular weight excluding hydrogens is 194 g/mol. The van der Waals surface area contributed by atoms with Crippen molar-refractivity contribution in [3.63, 3.8) is 0 Å². The van der Waals surface area contributed by atoms with E-state index in [0.29, 0.717) is 0 Å². The van der Waals surface area contributed by atoms with E-state index in [0.717, 1.165) is 23.4 Å². The molecule has 0 saturated heterocycles. The summed E-state index contributed by atoms with van der Waals surface area (Å²) >= 11 is 0. The maximum absolute atomic E-state index is 4.57. The molecule has 1 aromatic carbocycles. The molecule has 1 rings (SSSR count). The first kappa shape index (κ1) is 12.4. The topological polar surface area (TPSA) is 12.4 Å². The van der Waals surface area contributed by atoms with E-state index < -0.39 is 0 Å². The summed E-state index contributed by atoms with van der Waals surface area (Å²) < 4.78 is 0. The van der Waals surface area contributed by atoms with E-state index in [1.165, 1.54) is 5.56 Å². The van der Waals surface area contributed by atoms with E-state index in [1.54, 1.807) is 0 Å². The SMILES string of the molecule is C=C(C)/C(=C/C)N=C(C)Cc1ccccc1. The van der Waals surface area contributed by atoms with Crippen LogP contribution in [-0.4, -0.2) is 5.71 Å². The molecule has 0 saturated carbocycles. The van der Waals surface area contributed by atoms with Crippen molar-refractivity contribution in [3.8, 4) is 0 Å². The molecule has 0 aliphatic carbocycles. The van der Waals surface area contributed by atoms with Crippen molar-refractivity contribution in [1.82, 2.24) is 0 Å². The normalized spacial score (nSPS) is 12.7. The molecule has 0 radical (unpaired) electrons. The molecule has 0 atom stereocenters. The molecule has 0 aliphatic rings. The lowest BCUT2D eigenvalue weighted by Crippen LogP contribution is -1.98. The van der Waals surface area contributed by atoms with Gasteiger partial charge in [-0.15, -0.1) is 0 Å². The Morgan fingerprint density at radius 1 is 1.25 bits per heavy atom. The third-order valence-corrected chi connectivity index (χ3v) is 2.32. The summed E-state index contributed by atoms with van der Waals surface area (Å²) in [7, 11) is 0. The molecule has 16 heavy (non-hydrogen) atoms. The highest BCUT2D eigenvalue weighted by atomic mass is 14.8. The molecule has 0 fully saturated rings. The average Bonchev–Trinajstić information content (AvgIpc) is 2.27. The van der Waals surface area contributed by atoms with Gasteiger partial charge in [0.1, 0.15) is 0 Å². The summed E-state index contributed by atoms with van der Waals surface area (Å²) in [6.45, 7) is 9.94. The number of benzene rings is 1. The summed E-state index contributed by atoms with van der Waals surface area (Å²) in [4.78, 5) is 4.57. The van der Waals surface area contributed by atoms with Crippen molar-refractivity contribution in [2.75, 3.05) is 0 Å². The monoisotopic (exact) mass is 213 g/mol. The first-order valence-corrected chi connectivity index (χ1v) is 5.53. The highest BCUT2D eigenvalue weighted by molar-refractivity contribution is 5.85. The van der Waals surface area contributed by atoms with Gasteiger partial charge in [0.05, 0.1) is 5.70 Å². The van der Waals surface area contributed by atoms with Gasteiger partial charge in [-0.05, 0) is 31.9 Å². The van der Waals surface area contributed by atoms with Crippen molar-refractivity contribution in [2.45, 2.75) is 27.2 Å². The second-order valence-electron chi connectivity index (χ2n) is 3.96. The molecule has 1 heteroatoms. The summed E-state index contributed by atoms with van der Waals surface area (Å²) in [6, 6.07) is 10.4. The highest BCUT2D eigenvalue weighted by Gasteiger charge is 1.98. The molecule has 84 valence electrons. The van der Waals surface area contributed by atoms with Gasteiger partial charge in [-0.2, -0.15) is 0 Å². The Labute approximate surface area is 98.2 Å². The van der Waals surface area contributed by atoms with Crippen molar-refractivity contribution in [3.05, 3.63) is 59.8 Å². The van der Waals surface area contributed by atoms with Gasteiger partial charge >= 0.3 is 0 Å². The van der Waals surface area contributed by atoms with Crippen LogP contribution in [-0.2, 0) is 6.42 Å². The lowest BCUT2D eigenvalue weighted by molar-refractivity contribution is 1.22. The van der Waals surface area contributed by atoms with Crippen LogP contribution < -0.4 is 0 Å². The van der Waals surface area contributed by atoms with Crippen LogP contribution in [0.4, 0.5) is 0 Å². The van der Waals surface area contributed by atoms with Crippen LogP contribution in [0, 0.1) is 0 Å². The van der Waals surface area contributed by atoms with Gasteiger partial charge in [-0.3, -0.25) is 4.99 Å². The van der Waals surface area contributed by atoms with Crippen LogP contribution in [0.3, 0.4) is 0 Å². The average molecular weight is 213 g/mol. The molecule has 0 bridgehead atoms. The predicted octanol–water partition coefficient (Wildman–Crippen LogP) is 4.17. The predicted molar refractivity (Wildman–Crippen MR) is 71.8 cm³/mol. The van der Waals surface area contributed by atoms with E-state index in [4.69, 9.17) is 0 Å². The van der Waals surface area contributed by atoms with Gasteiger partial charge in [-0.25, -0.2) is 0 Å². The van der Waals surface area contributed by atoms with Crippen molar-refractivity contribution in [1.29, 1.82) is 0 Å². The smallest absolute Gasteiger partial charge is 0.0609 e. The van der Waals surface area contributed by atoms with Gasteiger partial charge in [0, 0.05) is 12.1 Å². The van der Waals surface area contributed by atoms with E-state index in [2.05, 4.69) is 42.8 Å².